The molecular formula is C27H34N4O4S. The lowest BCUT2D eigenvalue weighted by Gasteiger charge is -2.23. The minimum absolute atomic E-state index is 0.0255. The van der Waals surface area contributed by atoms with Crippen molar-refractivity contribution in [3.63, 3.8) is 0 Å². The van der Waals surface area contributed by atoms with Crippen molar-refractivity contribution in [3.8, 4) is 11.3 Å². The minimum Gasteiger partial charge on any atom is -0.478 e. The monoisotopic (exact) mass is 510 g/mol. The van der Waals surface area contributed by atoms with Crippen LogP contribution in [-0.4, -0.2) is 35.5 Å². The molecule has 4 N–H and O–H groups in total. The maximum absolute atomic E-state index is 13.1. The number of hydrogen-bond donors (Lipinski definition) is 3. The predicted octanol–water partition coefficient (Wildman–Crippen LogP) is 4.96. The Morgan fingerprint density at radius 2 is 1.69 bits per heavy atom. The second-order valence-electron chi connectivity index (χ2n) is 10.3. The van der Waals surface area contributed by atoms with Gasteiger partial charge in [-0.3, -0.25) is 0 Å². The van der Waals surface area contributed by atoms with Gasteiger partial charge in [0.2, 0.25) is 5.95 Å². The normalized spacial score (nSPS) is 12.8. The van der Waals surface area contributed by atoms with E-state index in [1.54, 1.807) is 0 Å². The van der Waals surface area contributed by atoms with Gasteiger partial charge in [0, 0.05) is 17.3 Å². The molecule has 1 heterocycles. The van der Waals surface area contributed by atoms with Crippen LogP contribution in [0.2, 0.25) is 0 Å². The van der Waals surface area contributed by atoms with E-state index in [2.05, 4.69) is 35.5 Å². The Morgan fingerprint density at radius 3 is 2.31 bits per heavy atom. The van der Waals surface area contributed by atoms with E-state index in [9.17, 15) is 18.3 Å². The van der Waals surface area contributed by atoms with Crippen LogP contribution in [0.25, 0.3) is 11.3 Å². The first-order chi connectivity index (χ1) is 16.7. The molecule has 8 nitrogen and oxygen atoms in total. The fourth-order valence-electron chi connectivity index (χ4n) is 4.22. The van der Waals surface area contributed by atoms with Gasteiger partial charge >= 0.3 is 5.97 Å². The number of carbonyl (C=O) groups is 1. The molecule has 0 saturated carbocycles. The molecule has 3 aromatic rings. The summed E-state index contributed by atoms with van der Waals surface area (Å²) in [6, 6.07) is 12.9. The maximum atomic E-state index is 13.1. The number of nitrogens with zero attached hydrogens (tertiary/aromatic N) is 2. The van der Waals surface area contributed by atoms with Crippen molar-refractivity contribution in [2.75, 3.05) is 4.72 Å². The Morgan fingerprint density at radius 1 is 1.06 bits per heavy atom. The van der Waals surface area contributed by atoms with E-state index in [0.717, 1.165) is 29.2 Å². The van der Waals surface area contributed by atoms with Crippen molar-refractivity contribution in [2.24, 2.45) is 11.1 Å². The van der Waals surface area contributed by atoms with Gasteiger partial charge in [0.1, 0.15) is 0 Å². The van der Waals surface area contributed by atoms with Crippen LogP contribution in [0.15, 0.2) is 53.4 Å². The third-order valence-corrected chi connectivity index (χ3v) is 7.11. The highest BCUT2D eigenvalue weighted by Crippen LogP contribution is 2.28. The lowest BCUT2D eigenvalue weighted by Crippen LogP contribution is -2.27. The lowest BCUT2D eigenvalue weighted by molar-refractivity contribution is 0.0696. The summed E-state index contributed by atoms with van der Waals surface area (Å²) in [6.07, 6.45) is 2.09. The molecule has 0 aliphatic rings. The summed E-state index contributed by atoms with van der Waals surface area (Å²) in [5.41, 5.74) is 10.5. The van der Waals surface area contributed by atoms with Crippen molar-refractivity contribution in [1.82, 2.24) is 9.97 Å². The van der Waals surface area contributed by atoms with E-state index in [4.69, 9.17) is 5.73 Å². The molecule has 3 rings (SSSR count). The summed E-state index contributed by atoms with van der Waals surface area (Å²) in [6.45, 7) is 10.4. The average molecular weight is 511 g/mol. The Labute approximate surface area is 213 Å². The number of nitrogens with two attached hydrogens (primary N) is 1. The van der Waals surface area contributed by atoms with Crippen molar-refractivity contribution in [1.29, 1.82) is 0 Å². The maximum Gasteiger partial charge on any atom is 0.335 e. The van der Waals surface area contributed by atoms with Crippen molar-refractivity contribution in [2.45, 2.75) is 64.8 Å². The smallest absolute Gasteiger partial charge is 0.335 e. The Bertz CT molecular complexity index is 1340. The van der Waals surface area contributed by atoms with Crippen LogP contribution in [0.1, 0.15) is 60.8 Å². The van der Waals surface area contributed by atoms with Gasteiger partial charge in [0.25, 0.3) is 10.0 Å². The molecule has 36 heavy (non-hydrogen) atoms. The first kappa shape index (κ1) is 27.3. The van der Waals surface area contributed by atoms with Crippen LogP contribution < -0.4 is 10.5 Å². The molecule has 1 atom stereocenters. The minimum atomic E-state index is -4.12. The highest BCUT2D eigenvalue weighted by molar-refractivity contribution is 7.92. The first-order valence-corrected chi connectivity index (χ1v) is 13.3. The van der Waals surface area contributed by atoms with Gasteiger partial charge in [-0.1, -0.05) is 45.0 Å². The molecule has 2 aromatic carbocycles. The molecular weight excluding hydrogens is 476 g/mol. The fraction of sp³-hybridized carbons (Fsp3) is 0.370. The van der Waals surface area contributed by atoms with Crippen LogP contribution >= 0.6 is 0 Å². The second kappa shape index (κ2) is 10.8. The van der Waals surface area contributed by atoms with E-state index in [1.807, 2.05) is 38.1 Å². The molecule has 1 unspecified atom stereocenters. The van der Waals surface area contributed by atoms with E-state index < -0.39 is 16.0 Å². The first-order valence-electron chi connectivity index (χ1n) is 11.8. The zero-order valence-corrected chi connectivity index (χ0v) is 22.2. The molecule has 0 radical (unpaired) electrons. The van der Waals surface area contributed by atoms with E-state index in [0.29, 0.717) is 24.2 Å². The second-order valence-corrected chi connectivity index (χ2v) is 12.0. The SMILES string of the molecule is Cc1cccc(C)c1-c1cc(CCC(N)CC(C)(C)C)nc(NS(=O)(=O)c2cccc(C(=O)O)c2)n1. The number of aromatic nitrogens is 2. The summed E-state index contributed by atoms with van der Waals surface area (Å²) in [7, 11) is -4.12. The third kappa shape index (κ3) is 7.11. The molecule has 0 bridgehead atoms. The zero-order chi connectivity index (χ0) is 26.7. The standard InChI is InChI=1S/C27H34N4O4S/c1-17-8-6-9-18(2)24(17)23-15-21(13-12-20(28)16-27(3,4)5)29-26(30-23)31-36(34,35)22-11-7-10-19(14-22)25(32)33/h6-11,14-15,20H,12-13,16,28H2,1-5H3,(H,32,33)(H,29,30,31). The highest BCUT2D eigenvalue weighted by Gasteiger charge is 2.21. The molecule has 0 aliphatic heterocycles. The van der Waals surface area contributed by atoms with Gasteiger partial charge in [-0.2, -0.15) is 0 Å². The van der Waals surface area contributed by atoms with Gasteiger partial charge in [-0.15, -0.1) is 0 Å². The van der Waals surface area contributed by atoms with Crippen molar-refractivity contribution in [3.05, 3.63) is 70.9 Å². The summed E-state index contributed by atoms with van der Waals surface area (Å²) in [5.74, 6) is -1.29. The number of rotatable bonds is 9. The summed E-state index contributed by atoms with van der Waals surface area (Å²) < 4.78 is 28.6. The molecule has 9 heteroatoms. The van der Waals surface area contributed by atoms with Gasteiger partial charge in [0.05, 0.1) is 16.2 Å². The average Bonchev–Trinajstić information content (AvgIpc) is 2.76. The summed E-state index contributed by atoms with van der Waals surface area (Å²) in [5, 5.41) is 9.24. The van der Waals surface area contributed by atoms with Crippen molar-refractivity contribution >= 4 is 21.9 Å². The topological polar surface area (TPSA) is 135 Å². The largest absolute Gasteiger partial charge is 0.478 e. The van der Waals surface area contributed by atoms with E-state index >= 15 is 0 Å². The number of carboxylic acid groups (broad SMARTS) is 1. The van der Waals surface area contributed by atoms with E-state index in [-0.39, 0.29) is 27.9 Å². The molecule has 0 fully saturated rings. The molecule has 1 aromatic heterocycles. The molecule has 192 valence electrons. The quantitative estimate of drug-likeness (QED) is 0.370. The Hall–Kier alpha value is -3.30. The van der Waals surface area contributed by atoms with Crippen LogP contribution in [0.3, 0.4) is 0 Å². The number of hydrogen-bond acceptors (Lipinski definition) is 6. The summed E-state index contributed by atoms with van der Waals surface area (Å²) in [4.78, 5) is 20.1. The number of anilines is 1. The Kier molecular flexibility index (Phi) is 8.15. The van der Waals surface area contributed by atoms with Gasteiger partial charge in [0.15, 0.2) is 0 Å². The Balaban J connectivity index is 2.00. The number of benzene rings is 2. The predicted molar refractivity (Wildman–Crippen MR) is 142 cm³/mol. The molecule has 0 spiro atoms. The summed E-state index contributed by atoms with van der Waals surface area (Å²) >= 11 is 0. The van der Waals surface area contributed by atoms with E-state index in [1.165, 1.54) is 18.2 Å². The molecule has 0 saturated heterocycles. The number of nitrogens with one attached hydrogen (secondary N) is 1. The van der Waals surface area contributed by atoms with Crippen LogP contribution in [0.5, 0.6) is 0 Å². The molecule has 0 aliphatic carbocycles. The number of carboxylic acids is 1. The fourth-order valence-corrected chi connectivity index (χ4v) is 5.20. The van der Waals surface area contributed by atoms with Gasteiger partial charge < -0.3 is 10.8 Å². The van der Waals surface area contributed by atoms with Crippen LogP contribution in [0.4, 0.5) is 5.95 Å². The van der Waals surface area contributed by atoms with Gasteiger partial charge in [-0.05, 0) is 73.9 Å². The third-order valence-electron chi connectivity index (χ3n) is 5.78. The van der Waals surface area contributed by atoms with Crippen molar-refractivity contribution < 1.29 is 18.3 Å². The highest BCUT2D eigenvalue weighted by atomic mass is 32.2. The van der Waals surface area contributed by atoms with Gasteiger partial charge in [-0.25, -0.2) is 27.9 Å². The van der Waals surface area contributed by atoms with Crippen LogP contribution in [0, 0.1) is 19.3 Å². The molecule has 0 amide bonds. The zero-order valence-electron chi connectivity index (χ0n) is 21.4. The van der Waals surface area contributed by atoms with Crippen LogP contribution in [-0.2, 0) is 16.4 Å². The lowest BCUT2D eigenvalue weighted by atomic mass is 9.87. The number of aromatic carboxylic acids is 1. The number of aryl methyl sites for hydroxylation is 3. The number of sulfonamides is 1.